The van der Waals surface area contributed by atoms with Crippen LogP contribution in [0.1, 0.15) is 26.7 Å². The summed E-state index contributed by atoms with van der Waals surface area (Å²) in [5, 5.41) is 3.47. The molecule has 2 aliphatic heterocycles. The molecular formula is C13H27N3. The maximum atomic E-state index is 3.47. The molecule has 0 aliphatic carbocycles. The quantitative estimate of drug-likeness (QED) is 0.757. The molecule has 1 unspecified atom stereocenters. The van der Waals surface area contributed by atoms with E-state index in [0.717, 1.165) is 6.04 Å². The first-order chi connectivity index (χ1) is 7.59. The summed E-state index contributed by atoms with van der Waals surface area (Å²) in [6, 6.07) is 0.727. The predicted octanol–water partition coefficient (Wildman–Crippen LogP) is 1.01. The van der Waals surface area contributed by atoms with Crippen molar-refractivity contribution >= 4 is 0 Å². The molecule has 94 valence electrons. The number of piperidine rings is 1. The fourth-order valence-corrected chi connectivity index (χ4v) is 3.09. The molecule has 0 spiro atoms. The smallest absolute Gasteiger partial charge is 0.0195 e. The highest BCUT2D eigenvalue weighted by Crippen LogP contribution is 2.30. The van der Waals surface area contributed by atoms with E-state index in [1.165, 1.54) is 52.1 Å². The Labute approximate surface area is 100 Å². The van der Waals surface area contributed by atoms with Crippen LogP contribution < -0.4 is 5.32 Å². The van der Waals surface area contributed by atoms with Crippen LogP contribution in [-0.4, -0.2) is 62.2 Å². The molecule has 1 atom stereocenters. The largest absolute Gasteiger partial charge is 0.317 e. The summed E-state index contributed by atoms with van der Waals surface area (Å²) in [4.78, 5) is 5.15. The second-order valence-corrected chi connectivity index (χ2v) is 6.14. The summed E-state index contributed by atoms with van der Waals surface area (Å²) in [5.41, 5.74) is 0.551. The molecule has 2 saturated heterocycles. The maximum Gasteiger partial charge on any atom is 0.0195 e. The highest BCUT2D eigenvalue weighted by atomic mass is 15.3. The van der Waals surface area contributed by atoms with Gasteiger partial charge in [-0.05, 0) is 45.3 Å². The minimum atomic E-state index is 0.551. The van der Waals surface area contributed by atoms with E-state index in [2.05, 4.69) is 36.0 Å². The van der Waals surface area contributed by atoms with Crippen LogP contribution in [0.3, 0.4) is 0 Å². The Morgan fingerprint density at radius 3 is 2.56 bits per heavy atom. The third-order valence-electron chi connectivity index (χ3n) is 4.36. The molecule has 2 rings (SSSR count). The highest BCUT2D eigenvalue weighted by Gasteiger charge is 2.32. The molecule has 0 bridgehead atoms. The lowest BCUT2D eigenvalue weighted by Crippen LogP contribution is -2.54. The van der Waals surface area contributed by atoms with Crippen molar-refractivity contribution in [2.75, 3.05) is 46.3 Å². The van der Waals surface area contributed by atoms with Gasteiger partial charge >= 0.3 is 0 Å². The van der Waals surface area contributed by atoms with E-state index in [4.69, 9.17) is 0 Å². The molecule has 0 aromatic rings. The number of rotatable bonds is 2. The standard InChI is InChI=1S/C13H27N3/c1-12-10-15(3)8-9-16(12)11-13(2)4-6-14-7-5-13/h12,14H,4-11H2,1-3H3. The Morgan fingerprint density at radius 2 is 1.94 bits per heavy atom. The number of hydrogen-bond acceptors (Lipinski definition) is 3. The van der Waals surface area contributed by atoms with Gasteiger partial charge in [0.25, 0.3) is 0 Å². The Morgan fingerprint density at radius 1 is 1.25 bits per heavy atom. The summed E-state index contributed by atoms with van der Waals surface area (Å²) >= 11 is 0. The second-order valence-electron chi connectivity index (χ2n) is 6.14. The van der Waals surface area contributed by atoms with Gasteiger partial charge in [0.05, 0.1) is 0 Å². The van der Waals surface area contributed by atoms with Crippen LogP contribution in [0.4, 0.5) is 0 Å². The van der Waals surface area contributed by atoms with E-state index in [-0.39, 0.29) is 0 Å². The van der Waals surface area contributed by atoms with Gasteiger partial charge in [0.15, 0.2) is 0 Å². The molecule has 0 amide bonds. The van der Waals surface area contributed by atoms with Crippen molar-refractivity contribution in [3.63, 3.8) is 0 Å². The van der Waals surface area contributed by atoms with Crippen LogP contribution in [0.15, 0.2) is 0 Å². The molecule has 0 aromatic heterocycles. The van der Waals surface area contributed by atoms with Crippen molar-refractivity contribution < 1.29 is 0 Å². The summed E-state index contributed by atoms with van der Waals surface area (Å²) in [6.07, 6.45) is 2.68. The van der Waals surface area contributed by atoms with E-state index >= 15 is 0 Å². The number of nitrogens with one attached hydrogen (secondary N) is 1. The molecule has 3 nitrogen and oxygen atoms in total. The van der Waals surface area contributed by atoms with Crippen LogP contribution >= 0.6 is 0 Å². The van der Waals surface area contributed by atoms with Gasteiger partial charge in [-0.15, -0.1) is 0 Å². The zero-order chi connectivity index (χ0) is 11.6. The van der Waals surface area contributed by atoms with Gasteiger partial charge in [0, 0.05) is 32.2 Å². The Bertz CT molecular complexity index is 223. The van der Waals surface area contributed by atoms with Gasteiger partial charge in [0.2, 0.25) is 0 Å². The topological polar surface area (TPSA) is 18.5 Å². The summed E-state index contributed by atoms with van der Waals surface area (Å²) < 4.78 is 0. The van der Waals surface area contributed by atoms with E-state index < -0.39 is 0 Å². The fraction of sp³-hybridized carbons (Fsp3) is 1.00. The van der Waals surface area contributed by atoms with Crippen molar-refractivity contribution in [1.82, 2.24) is 15.1 Å². The minimum Gasteiger partial charge on any atom is -0.317 e. The van der Waals surface area contributed by atoms with Crippen LogP contribution in [-0.2, 0) is 0 Å². The molecule has 0 saturated carbocycles. The van der Waals surface area contributed by atoms with Crippen LogP contribution in [0.25, 0.3) is 0 Å². The third-order valence-corrected chi connectivity index (χ3v) is 4.36. The van der Waals surface area contributed by atoms with Crippen LogP contribution in [0, 0.1) is 5.41 Å². The second kappa shape index (κ2) is 5.03. The molecule has 2 aliphatic rings. The predicted molar refractivity (Wildman–Crippen MR) is 68.7 cm³/mol. The van der Waals surface area contributed by atoms with Crippen molar-refractivity contribution in [3.05, 3.63) is 0 Å². The summed E-state index contributed by atoms with van der Waals surface area (Å²) in [5.74, 6) is 0. The first-order valence-corrected chi connectivity index (χ1v) is 6.72. The van der Waals surface area contributed by atoms with Gasteiger partial charge in [-0.1, -0.05) is 6.92 Å². The lowest BCUT2D eigenvalue weighted by molar-refractivity contribution is 0.0479. The average Bonchev–Trinajstić information content (AvgIpc) is 2.23. The molecule has 1 N–H and O–H groups in total. The normalized spacial score (nSPS) is 32.8. The van der Waals surface area contributed by atoms with Crippen LogP contribution in [0.2, 0.25) is 0 Å². The Kier molecular flexibility index (Phi) is 3.88. The maximum absolute atomic E-state index is 3.47. The zero-order valence-corrected chi connectivity index (χ0v) is 11.1. The first-order valence-electron chi connectivity index (χ1n) is 6.72. The van der Waals surface area contributed by atoms with Crippen molar-refractivity contribution in [3.8, 4) is 0 Å². The van der Waals surface area contributed by atoms with Crippen molar-refractivity contribution in [1.29, 1.82) is 0 Å². The Balaban J connectivity index is 1.88. The number of nitrogens with zero attached hydrogens (tertiary/aromatic N) is 2. The lowest BCUT2D eigenvalue weighted by atomic mass is 9.80. The molecule has 3 heteroatoms. The van der Waals surface area contributed by atoms with Crippen molar-refractivity contribution in [2.45, 2.75) is 32.7 Å². The number of likely N-dealkylation sites (N-methyl/N-ethyl adjacent to an activating group) is 1. The zero-order valence-electron chi connectivity index (χ0n) is 11.1. The molecular weight excluding hydrogens is 198 g/mol. The Hall–Kier alpha value is -0.120. The third kappa shape index (κ3) is 2.96. The molecule has 0 radical (unpaired) electrons. The van der Waals surface area contributed by atoms with Gasteiger partial charge < -0.3 is 10.2 Å². The SMILES string of the molecule is CC1CN(C)CCN1CC1(C)CCNCC1. The average molecular weight is 225 g/mol. The fourth-order valence-electron chi connectivity index (χ4n) is 3.09. The summed E-state index contributed by atoms with van der Waals surface area (Å²) in [7, 11) is 2.24. The molecule has 16 heavy (non-hydrogen) atoms. The van der Waals surface area contributed by atoms with E-state index in [9.17, 15) is 0 Å². The minimum absolute atomic E-state index is 0.551. The van der Waals surface area contributed by atoms with Crippen molar-refractivity contribution in [2.24, 2.45) is 5.41 Å². The highest BCUT2D eigenvalue weighted by molar-refractivity contribution is 4.87. The summed E-state index contributed by atoms with van der Waals surface area (Å²) in [6.45, 7) is 12.3. The number of piperazine rings is 1. The molecule has 2 fully saturated rings. The monoisotopic (exact) mass is 225 g/mol. The van der Waals surface area contributed by atoms with Crippen LogP contribution in [0.5, 0.6) is 0 Å². The lowest BCUT2D eigenvalue weighted by Gasteiger charge is -2.44. The molecule has 2 heterocycles. The van der Waals surface area contributed by atoms with Gasteiger partial charge in [-0.3, -0.25) is 4.90 Å². The van der Waals surface area contributed by atoms with E-state index in [1.807, 2.05) is 0 Å². The van der Waals surface area contributed by atoms with Gasteiger partial charge in [-0.2, -0.15) is 0 Å². The van der Waals surface area contributed by atoms with Gasteiger partial charge in [0.1, 0.15) is 0 Å². The van der Waals surface area contributed by atoms with E-state index in [1.54, 1.807) is 0 Å². The number of hydrogen-bond donors (Lipinski definition) is 1. The van der Waals surface area contributed by atoms with E-state index in [0.29, 0.717) is 5.41 Å². The first kappa shape index (κ1) is 12.3. The molecule has 0 aromatic carbocycles. The van der Waals surface area contributed by atoms with Gasteiger partial charge in [-0.25, -0.2) is 0 Å².